The second-order valence-electron chi connectivity index (χ2n) is 5.50. The van der Waals surface area contributed by atoms with Crippen LogP contribution in [0.4, 0.5) is 11.4 Å². The van der Waals surface area contributed by atoms with E-state index in [1.807, 2.05) is 37.5 Å². The summed E-state index contributed by atoms with van der Waals surface area (Å²) < 4.78 is 1.72. The Bertz CT molecular complexity index is 631. The highest BCUT2D eigenvalue weighted by atomic mass is 16.1. The first kappa shape index (κ1) is 15.1. The second-order valence-corrected chi connectivity index (χ2v) is 5.50. The molecule has 1 aromatic carbocycles. The number of aryl methyl sites for hydroxylation is 2. The number of nitrogens with two attached hydrogens (primary N) is 1. The summed E-state index contributed by atoms with van der Waals surface area (Å²) >= 11 is 0. The van der Waals surface area contributed by atoms with Gasteiger partial charge in [0, 0.05) is 25.4 Å². The molecule has 1 heterocycles. The molecule has 0 aliphatic rings. The van der Waals surface area contributed by atoms with Gasteiger partial charge in [-0.1, -0.05) is 32.0 Å². The Morgan fingerprint density at radius 2 is 2.10 bits per heavy atom. The van der Waals surface area contributed by atoms with E-state index in [1.165, 1.54) is 0 Å². The number of carbonyl (C=O) groups is 1. The van der Waals surface area contributed by atoms with Gasteiger partial charge in [-0.25, -0.2) is 0 Å². The smallest absolute Gasteiger partial charge is 0.224 e. The van der Waals surface area contributed by atoms with Crippen LogP contribution >= 0.6 is 0 Å². The monoisotopic (exact) mass is 286 g/mol. The molecule has 1 aromatic heterocycles. The third kappa shape index (κ3) is 3.84. The Hall–Kier alpha value is -2.30. The number of nitrogen functional groups attached to an aromatic ring is 1. The van der Waals surface area contributed by atoms with E-state index < -0.39 is 0 Å². The van der Waals surface area contributed by atoms with E-state index >= 15 is 0 Å². The maximum atomic E-state index is 12.1. The fourth-order valence-corrected chi connectivity index (χ4v) is 2.25. The van der Waals surface area contributed by atoms with Gasteiger partial charge in [0.05, 0.1) is 11.4 Å². The van der Waals surface area contributed by atoms with Gasteiger partial charge in [-0.2, -0.15) is 5.10 Å². The zero-order chi connectivity index (χ0) is 15.4. The molecule has 0 saturated heterocycles. The fourth-order valence-electron chi connectivity index (χ4n) is 2.25. The highest BCUT2D eigenvalue weighted by Gasteiger charge is 2.14. The van der Waals surface area contributed by atoms with Gasteiger partial charge in [0.15, 0.2) is 0 Å². The molecule has 0 aliphatic carbocycles. The van der Waals surface area contributed by atoms with Gasteiger partial charge in [0.25, 0.3) is 0 Å². The summed E-state index contributed by atoms with van der Waals surface area (Å²) in [5.74, 6) is 0.249. The molecule has 0 bridgehead atoms. The molecule has 0 radical (unpaired) electrons. The van der Waals surface area contributed by atoms with Crippen molar-refractivity contribution >= 4 is 17.3 Å². The number of anilines is 2. The normalized spacial score (nSPS) is 10.9. The minimum atomic E-state index is -0.0202. The molecule has 0 aliphatic heterocycles. The first-order valence-corrected chi connectivity index (χ1v) is 7.14. The van der Waals surface area contributed by atoms with Crippen molar-refractivity contribution in [1.82, 2.24) is 9.78 Å². The van der Waals surface area contributed by atoms with Crippen LogP contribution in [0, 0.1) is 0 Å². The molecule has 2 aromatic rings. The number of hydrogen-bond donors (Lipinski definition) is 2. The van der Waals surface area contributed by atoms with E-state index in [1.54, 1.807) is 4.68 Å². The van der Waals surface area contributed by atoms with Crippen LogP contribution in [0.5, 0.6) is 0 Å². The Morgan fingerprint density at radius 3 is 2.76 bits per heavy atom. The lowest BCUT2D eigenvalue weighted by atomic mass is 10.1. The van der Waals surface area contributed by atoms with Crippen LogP contribution in [-0.2, 0) is 18.3 Å². The lowest BCUT2D eigenvalue weighted by Gasteiger charge is -2.08. The molecule has 0 spiro atoms. The van der Waals surface area contributed by atoms with Crippen molar-refractivity contribution < 1.29 is 4.79 Å². The van der Waals surface area contributed by atoms with Crippen molar-refractivity contribution in [3.63, 3.8) is 0 Å². The summed E-state index contributed by atoms with van der Waals surface area (Å²) in [4.78, 5) is 12.1. The van der Waals surface area contributed by atoms with Crippen LogP contribution in [0.15, 0.2) is 30.5 Å². The van der Waals surface area contributed by atoms with Crippen LogP contribution < -0.4 is 11.1 Å². The van der Waals surface area contributed by atoms with E-state index in [0.29, 0.717) is 12.8 Å². The van der Waals surface area contributed by atoms with Crippen molar-refractivity contribution in [2.45, 2.75) is 32.6 Å². The molecule has 21 heavy (non-hydrogen) atoms. The predicted octanol–water partition coefficient (Wildman–Crippen LogP) is 2.70. The molecule has 0 unspecified atom stereocenters. The summed E-state index contributed by atoms with van der Waals surface area (Å²) in [5, 5.41) is 7.32. The number of aromatic nitrogens is 2. The van der Waals surface area contributed by atoms with E-state index in [9.17, 15) is 4.79 Å². The molecule has 1 amide bonds. The summed E-state index contributed by atoms with van der Waals surface area (Å²) in [6.07, 6.45) is 2.88. The van der Waals surface area contributed by atoms with E-state index in [2.05, 4.69) is 24.3 Å². The minimum Gasteiger partial charge on any atom is -0.399 e. The molecule has 0 atom stereocenters. The highest BCUT2D eigenvalue weighted by Crippen LogP contribution is 2.22. The average molecular weight is 286 g/mol. The van der Waals surface area contributed by atoms with Crippen LogP contribution in [0.3, 0.4) is 0 Å². The summed E-state index contributed by atoms with van der Waals surface area (Å²) in [6.45, 7) is 4.12. The third-order valence-electron chi connectivity index (χ3n) is 3.35. The van der Waals surface area contributed by atoms with Crippen molar-refractivity contribution in [2.24, 2.45) is 7.05 Å². The number of amides is 1. The summed E-state index contributed by atoms with van der Waals surface area (Å²) in [6, 6.07) is 7.63. The Morgan fingerprint density at radius 1 is 1.38 bits per heavy atom. The predicted molar refractivity (Wildman–Crippen MR) is 85.1 cm³/mol. The molecular weight excluding hydrogens is 264 g/mol. The van der Waals surface area contributed by atoms with Crippen molar-refractivity contribution in [3.05, 3.63) is 41.7 Å². The van der Waals surface area contributed by atoms with Gasteiger partial charge in [-0.05, 0) is 24.0 Å². The molecule has 0 saturated carbocycles. The van der Waals surface area contributed by atoms with E-state index in [-0.39, 0.29) is 11.8 Å². The largest absolute Gasteiger partial charge is 0.399 e. The van der Waals surface area contributed by atoms with Gasteiger partial charge in [-0.3, -0.25) is 9.48 Å². The Kier molecular flexibility index (Phi) is 4.62. The van der Waals surface area contributed by atoms with Crippen LogP contribution in [0.2, 0.25) is 0 Å². The zero-order valence-electron chi connectivity index (χ0n) is 12.8. The number of benzene rings is 1. The maximum Gasteiger partial charge on any atom is 0.224 e. The molecule has 5 heteroatoms. The van der Waals surface area contributed by atoms with Crippen LogP contribution in [0.1, 0.15) is 37.4 Å². The molecule has 5 nitrogen and oxygen atoms in total. The standard InChI is InChI=1S/C16H22N4O/c1-11(2)16-14(10-20(3)19-16)18-15(21)9-8-12-6-4-5-7-13(12)17/h4-7,10-11H,8-9,17H2,1-3H3,(H,18,21). The van der Waals surface area contributed by atoms with E-state index in [0.717, 1.165) is 22.6 Å². The first-order valence-electron chi connectivity index (χ1n) is 7.14. The number of para-hydroxylation sites is 1. The van der Waals surface area contributed by atoms with Crippen molar-refractivity contribution in [3.8, 4) is 0 Å². The SMILES string of the molecule is CC(C)c1nn(C)cc1NC(=O)CCc1ccccc1N. The van der Waals surface area contributed by atoms with Crippen LogP contribution in [-0.4, -0.2) is 15.7 Å². The quantitative estimate of drug-likeness (QED) is 0.830. The summed E-state index contributed by atoms with van der Waals surface area (Å²) in [7, 11) is 1.85. The fraction of sp³-hybridized carbons (Fsp3) is 0.375. The van der Waals surface area contributed by atoms with Crippen molar-refractivity contribution in [2.75, 3.05) is 11.1 Å². The highest BCUT2D eigenvalue weighted by molar-refractivity contribution is 5.91. The number of carbonyl (C=O) groups excluding carboxylic acids is 1. The van der Waals surface area contributed by atoms with Gasteiger partial charge in [0.2, 0.25) is 5.91 Å². The lowest BCUT2D eigenvalue weighted by Crippen LogP contribution is -2.13. The molecule has 112 valence electrons. The third-order valence-corrected chi connectivity index (χ3v) is 3.35. The van der Waals surface area contributed by atoms with Crippen LogP contribution in [0.25, 0.3) is 0 Å². The second kappa shape index (κ2) is 6.43. The molecule has 2 rings (SSSR count). The van der Waals surface area contributed by atoms with Crippen molar-refractivity contribution in [1.29, 1.82) is 0 Å². The first-order chi connectivity index (χ1) is 9.97. The number of nitrogens with zero attached hydrogens (tertiary/aromatic N) is 2. The number of nitrogens with one attached hydrogen (secondary N) is 1. The van der Waals surface area contributed by atoms with Gasteiger partial charge >= 0.3 is 0 Å². The number of hydrogen-bond acceptors (Lipinski definition) is 3. The maximum absolute atomic E-state index is 12.1. The lowest BCUT2D eigenvalue weighted by molar-refractivity contribution is -0.116. The Labute approximate surface area is 125 Å². The average Bonchev–Trinajstić information content (AvgIpc) is 2.79. The molecule has 3 N–H and O–H groups in total. The zero-order valence-corrected chi connectivity index (χ0v) is 12.8. The Balaban J connectivity index is 1.98. The van der Waals surface area contributed by atoms with Gasteiger partial charge in [0.1, 0.15) is 0 Å². The number of rotatable bonds is 5. The topological polar surface area (TPSA) is 72.9 Å². The molecule has 0 fully saturated rings. The van der Waals surface area contributed by atoms with E-state index in [4.69, 9.17) is 5.73 Å². The summed E-state index contributed by atoms with van der Waals surface area (Å²) in [5.41, 5.74) is 9.31. The van der Waals surface area contributed by atoms with Gasteiger partial charge < -0.3 is 11.1 Å². The molecular formula is C16H22N4O. The minimum absolute atomic E-state index is 0.0202. The van der Waals surface area contributed by atoms with Gasteiger partial charge in [-0.15, -0.1) is 0 Å².